The lowest BCUT2D eigenvalue weighted by Crippen LogP contribution is -2.22. The predicted molar refractivity (Wildman–Crippen MR) is 85.7 cm³/mol. The minimum atomic E-state index is -0.0740. The number of nitrogens with one attached hydrogen (secondary N) is 2. The van der Waals surface area contributed by atoms with Crippen molar-refractivity contribution in [2.24, 2.45) is 7.05 Å². The summed E-state index contributed by atoms with van der Waals surface area (Å²) in [7, 11) is 1.87. The topological polar surface area (TPSA) is 59.0 Å². The first-order valence-corrected chi connectivity index (χ1v) is 6.99. The second-order valence-electron chi connectivity index (χ2n) is 5.39. The fourth-order valence-corrected chi connectivity index (χ4v) is 2.24. The zero-order valence-corrected chi connectivity index (χ0v) is 13.2. The van der Waals surface area contributed by atoms with Gasteiger partial charge in [-0.3, -0.25) is 9.48 Å². The number of carbonyl (C=O) groups is 1. The summed E-state index contributed by atoms with van der Waals surface area (Å²) in [5.74, 6) is -0.0740. The highest BCUT2D eigenvalue weighted by Gasteiger charge is 2.12. The average molecular weight is 286 g/mol. The lowest BCUT2D eigenvalue weighted by molar-refractivity contribution is -0.114. The Hall–Kier alpha value is -2.30. The molecule has 0 aliphatic carbocycles. The molecule has 0 atom stereocenters. The molecule has 0 aliphatic heterocycles. The van der Waals surface area contributed by atoms with Crippen LogP contribution in [-0.4, -0.2) is 22.2 Å². The predicted octanol–water partition coefficient (Wildman–Crippen LogP) is 2.70. The molecule has 2 aromatic rings. The van der Waals surface area contributed by atoms with Gasteiger partial charge in [0.15, 0.2) is 0 Å². The third-order valence-corrected chi connectivity index (χ3v) is 3.61. The quantitative estimate of drug-likeness (QED) is 0.908. The van der Waals surface area contributed by atoms with E-state index in [1.807, 2.05) is 46.9 Å². The lowest BCUT2D eigenvalue weighted by atomic mass is 10.1. The highest BCUT2D eigenvalue weighted by Crippen LogP contribution is 2.19. The number of carbonyl (C=O) groups excluding carboxylic acids is 1. The van der Waals surface area contributed by atoms with Gasteiger partial charge in [0.25, 0.3) is 0 Å². The van der Waals surface area contributed by atoms with E-state index in [2.05, 4.69) is 21.8 Å². The summed E-state index contributed by atoms with van der Waals surface area (Å²) >= 11 is 0. The summed E-state index contributed by atoms with van der Waals surface area (Å²) < 4.78 is 1.77. The summed E-state index contributed by atoms with van der Waals surface area (Å²) in [5, 5.41) is 10.4. The molecule has 5 heteroatoms. The number of rotatable bonds is 4. The maximum absolute atomic E-state index is 12.1. The van der Waals surface area contributed by atoms with Crippen LogP contribution in [0.25, 0.3) is 0 Å². The number of aromatic nitrogens is 2. The maximum atomic E-state index is 12.1. The molecule has 0 spiro atoms. The maximum Gasteiger partial charge on any atom is 0.243 e. The number of hydrogen-bond donors (Lipinski definition) is 2. The van der Waals surface area contributed by atoms with Crippen LogP contribution < -0.4 is 10.6 Å². The van der Waals surface area contributed by atoms with E-state index in [-0.39, 0.29) is 12.5 Å². The Morgan fingerprint density at radius 3 is 2.57 bits per heavy atom. The molecule has 0 aliphatic rings. The first-order chi connectivity index (χ1) is 9.88. The normalized spacial score (nSPS) is 10.5. The van der Waals surface area contributed by atoms with E-state index in [4.69, 9.17) is 0 Å². The Balaban J connectivity index is 2.01. The summed E-state index contributed by atoms with van der Waals surface area (Å²) in [6, 6.07) is 6.15. The molecular weight excluding hydrogens is 264 g/mol. The van der Waals surface area contributed by atoms with Gasteiger partial charge in [-0.1, -0.05) is 12.1 Å². The van der Waals surface area contributed by atoms with Crippen LogP contribution in [0.5, 0.6) is 0 Å². The number of amides is 1. The molecule has 0 unspecified atom stereocenters. The molecule has 1 aromatic heterocycles. The molecule has 0 bridgehead atoms. The van der Waals surface area contributed by atoms with Crippen LogP contribution in [0.3, 0.4) is 0 Å². The van der Waals surface area contributed by atoms with Crippen LogP contribution in [0.15, 0.2) is 18.2 Å². The van der Waals surface area contributed by atoms with Crippen molar-refractivity contribution in [1.29, 1.82) is 0 Å². The molecule has 1 heterocycles. The monoisotopic (exact) mass is 286 g/mol. The molecule has 112 valence electrons. The molecule has 0 saturated carbocycles. The van der Waals surface area contributed by atoms with Crippen molar-refractivity contribution in [1.82, 2.24) is 9.78 Å². The molecule has 0 saturated heterocycles. The molecule has 0 radical (unpaired) electrons. The van der Waals surface area contributed by atoms with Crippen molar-refractivity contribution >= 4 is 17.3 Å². The van der Waals surface area contributed by atoms with Gasteiger partial charge in [0.05, 0.1) is 23.6 Å². The molecule has 5 nitrogen and oxygen atoms in total. The highest BCUT2D eigenvalue weighted by atomic mass is 16.1. The number of nitrogens with zero attached hydrogens (tertiary/aromatic N) is 2. The Kier molecular flexibility index (Phi) is 4.31. The van der Waals surface area contributed by atoms with Gasteiger partial charge in [-0.15, -0.1) is 0 Å². The SMILES string of the molecule is Cc1ccc(C)c(NCC(=O)Nc2c(C)nn(C)c2C)c1. The standard InChI is InChI=1S/C16H22N4O/c1-10-6-7-11(2)14(8-10)17-9-15(21)18-16-12(3)19-20(5)13(16)4/h6-8,17H,9H2,1-5H3,(H,18,21). The van der Waals surface area contributed by atoms with Gasteiger partial charge in [0.1, 0.15) is 0 Å². The third kappa shape index (κ3) is 3.42. The number of anilines is 2. The first-order valence-electron chi connectivity index (χ1n) is 6.99. The smallest absolute Gasteiger partial charge is 0.243 e. The van der Waals surface area contributed by atoms with E-state index >= 15 is 0 Å². The molecule has 2 N–H and O–H groups in total. The van der Waals surface area contributed by atoms with E-state index in [0.717, 1.165) is 28.3 Å². The number of hydrogen-bond acceptors (Lipinski definition) is 3. The fourth-order valence-electron chi connectivity index (χ4n) is 2.24. The van der Waals surface area contributed by atoms with Gasteiger partial charge in [-0.2, -0.15) is 5.10 Å². The zero-order valence-electron chi connectivity index (χ0n) is 13.2. The van der Waals surface area contributed by atoms with Gasteiger partial charge < -0.3 is 10.6 Å². The van der Waals surface area contributed by atoms with Gasteiger partial charge in [0, 0.05) is 12.7 Å². The van der Waals surface area contributed by atoms with Crippen molar-refractivity contribution < 1.29 is 4.79 Å². The molecule has 0 fully saturated rings. The second-order valence-corrected chi connectivity index (χ2v) is 5.39. The summed E-state index contributed by atoms with van der Waals surface area (Å²) in [6.07, 6.45) is 0. The molecule has 21 heavy (non-hydrogen) atoms. The minimum absolute atomic E-state index is 0.0740. The van der Waals surface area contributed by atoms with Gasteiger partial charge in [-0.05, 0) is 44.9 Å². The van der Waals surface area contributed by atoms with Crippen molar-refractivity contribution in [2.75, 3.05) is 17.2 Å². The Morgan fingerprint density at radius 2 is 1.95 bits per heavy atom. The second kappa shape index (κ2) is 5.99. The van der Waals surface area contributed by atoms with Crippen molar-refractivity contribution in [2.45, 2.75) is 27.7 Å². The van der Waals surface area contributed by atoms with Gasteiger partial charge in [-0.25, -0.2) is 0 Å². The van der Waals surface area contributed by atoms with Crippen molar-refractivity contribution in [3.8, 4) is 0 Å². The van der Waals surface area contributed by atoms with Crippen LogP contribution in [0, 0.1) is 27.7 Å². The van der Waals surface area contributed by atoms with Crippen molar-refractivity contribution in [3.05, 3.63) is 40.7 Å². The molecule has 1 aromatic carbocycles. The van der Waals surface area contributed by atoms with Crippen LogP contribution in [-0.2, 0) is 11.8 Å². The van der Waals surface area contributed by atoms with E-state index in [1.54, 1.807) is 4.68 Å². The Morgan fingerprint density at radius 1 is 1.24 bits per heavy atom. The lowest BCUT2D eigenvalue weighted by Gasteiger charge is -2.11. The van der Waals surface area contributed by atoms with Crippen LogP contribution in [0.1, 0.15) is 22.5 Å². The minimum Gasteiger partial charge on any atom is -0.376 e. The summed E-state index contributed by atoms with van der Waals surface area (Å²) in [5.41, 5.74) is 5.86. The number of benzene rings is 1. The van der Waals surface area contributed by atoms with Crippen LogP contribution >= 0.6 is 0 Å². The molecule has 1 amide bonds. The summed E-state index contributed by atoms with van der Waals surface area (Å²) in [4.78, 5) is 12.1. The average Bonchev–Trinajstić information content (AvgIpc) is 2.66. The van der Waals surface area contributed by atoms with Crippen molar-refractivity contribution in [3.63, 3.8) is 0 Å². The highest BCUT2D eigenvalue weighted by molar-refractivity contribution is 5.94. The van der Waals surface area contributed by atoms with Gasteiger partial charge in [0.2, 0.25) is 5.91 Å². The van der Waals surface area contributed by atoms with E-state index in [1.165, 1.54) is 5.56 Å². The molecular formula is C16H22N4O. The Labute approximate surface area is 125 Å². The first kappa shape index (κ1) is 15.1. The largest absolute Gasteiger partial charge is 0.376 e. The summed E-state index contributed by atoms with van der Waals surface area (Å²) in [6.45, 7) is 8.12. The zero-order chi connectivity index (χ0) is 15.6. The fraction of sp³-hybridized carbons (Fsp3) is 0.375. The van der Waals surface area contributed by atoms with E-state index in [9.17, 15) is 4.79 Å². The number of aryl methyl sites for hydroxylation is 4. The third-order valence-electron chi connectivity index (χ3n) is 3.61. The van der Waals surface area contributed by atoms with Crippen LogP contribution in [0.4, 0.5) is 11.4 Å². The van der Waals surface area contributed by atoms with Crippen LogP contribution in [0.2, 0.25) is 0 Å². The Bertz CT molecular complexity index is 673. The van der Waals surface area contributed by atoms with E-state index < -0.39 is 0 Å². The van der Waals surface area contributed by atoms with Gasteiger partial charge >= 0.3 is 0 Å². The van der Waals surface area contributed by atoms with E-state index in [0.29, 0.717) is 0 Å². The molecule has 2 rings (SSSR count).